The maximum Gasteiger partial charge on any atom is 0.303 e. The summed E-state index contributed by atoms with van der Waals surface area (Å²) in [6, 6.07) is 17.7. The van der Waals surface area contributed by atoms with Crippen LogP contribution in [0.25, 0.3) is 0 Å². The molecule has 1 amide bonds. The van der Waals surface area contributed by atoms with Gasteiger partial charge in [0.25, 0.3) is 0 Å². The van der Waals surface area contributed by atoms with Crippen molar-refractivity contribution in [3.05, 3.63) is 65.7 Å². The van der Waals surface area contributed by atoms with Crippen LogP contribution in [-0.4, -0.2) is 41.1 Å². The Labute approximate surface area is 171 Å². The minimum absolute atomic E-state index is 0.0763. The van der Waals surface area contributed by atoms with E-state index >= 15 is 0 Å². The number of likely N-dealkylation sites (tertiary alicyclic amines) is 1. The summed E-state index contributed by atoms with van der Waals surface area (Å²) >= 11 is 0. The third-order valence-electron chi connectivity index (χ3n) is 5.09. The largest absolute Gasteiger partial charge is 0.494 e. The molecule has 1 heterocycles. The predicted molar refractivity (Wildman–Crippen MR) is 111 cm³/mol. The summed E-state index contributed by atoms with van der Waals surface area (Å²) in [5, 5.41) is 11.7. The number of amides is 1. The van der Waals surface area contributed by atoms with Crippen molar-refractivity contribution in [3.63, 3.8) is 0 Å². The van der Waals surface area contributed by atoms with Gasteiger partial charge in [0.05, 0.1) is 12.6 Å². The van der Waals surface area contributed by atoms with Crippen LogP contribution in [0.15, 0.2) is 54.6 Å². The number of carbonyl (C=O) groups excluding carboxylic acids is 1. The molecule has 6 heteroatoms. The lowest BCUT2D eigenvalue weighted by atomic mass is 10.1. The fraction of sp³-hybridized carbons (Fsp3) is 0.391. The van der Waals surface area contributed by atoms with E-state index in [1.54, 1.807) is 0 Å². The fourth-order valence-electron chi connectivity index (χ4n) is 3.55. The Morgan fingerprint density at radius 3 is 2.55 bits per heavy atom. The molecule has 3 rings (SSSR count). The van der Waals surface area contributed by atoms with Crippen molar-refractivity contribution < 1.29 is 19.4 Å². The van der Waals surface area contributed by atoms with Gasteiger partial charge >= 0.3 is 5.97 Å². The Kier molecular flexibility index (Phi) is 7.64. The molecule has 0 aliphatic carbocycles. The molecule has 2 aromatic rings. The third kappa shape index (κ3) is 6.61. The van der Waals surface area contributed by atoms with Gasteiger partial charge in [0, 0.05) is 19.5 Å². The molecule has 6 nitrogen and oxygen atoms in total. The van der Waals surface area contributed by atoms with Crippen LogP contribution in [0.3, 0.4) is 0 Å². The van der Waals surface area contributed by atoms with Crippen molar-refractivity contribution in [2.45, 2.75) is 44.8 Å². The molecule has 154 valence electrons. The third-order valence-corrected chi connectivity index (χ3v) is 5.09. The van der Waals surface area contributed by atoms with Gasteiger partial charge in [-0.1, -0.05) is 42.5 Å². The normalized spacial score (nSPS) is 16.5. The number of hydrogen-bond donors (Lipinski definition) is 2. The van der Waals surface area contributed by atoms with Gasteiger partial charge in [0.1, 0.15) is 5.75 Å². The molecule has 1 fully saturated rings. The van der Waals surface area contributed by atoms with E-state index in [1.165, 1.54) is 5.56 Å². The van der Waals surface area contributed by atoms with Crippen LogP contribution in [0.4, 0.5) is 0 Å². The molecule has 0 spiro atoms. The number of rotatable bonds is 10. The Bertz CT molecular complexity index is 792. The summed E-state index contributed by atoms with van der Waals surface area (Å²) in [7, 11) is 0. The molecule has 1 aliphatic rings. The average Bonchev–Trinajstić information content (AvgIpc) is 3.19. The fourth-order valence-corrected chi connectivity index (χ4v) is 3.55. The molecule has 1 atom stereocenters. The maximum atomic E-state index is 12.7. The van der Waals surface area contributed by atoms with Gasteiger partial charge in [-0.2, -0.15) is 0 Å². The summed E-state index contributed by atoms with van der Waals surface area (Å²) in [5.41, 5.74) is 2.23. The van der Waals surface area contributed by atoms with Gasteiger partial charge in [-0.25, -0.2) is 0 Å². The van der Waals surface area contributed by atoms with E-state index < -0.39 is 5.97 Å². The van der Waals surface area contributed by atoms with Gasteiger partial charge in [-0.15, -0.1) is 0 Å². The molecule has 0 saturated carbocycles. The van der Waals surface area contributed by atoms with Gasteiger partial charge in [-0.3, -0.25) is 14.5 Å². The van der Waals surface area contributed by atoms with E-state index in [1.807, 2.05) is 42.5 Å². The van der Waals surface area contributed by atoms with E-state index in [-0.39, 0.29) is 18.4 Å². The lowest BCUT2D eigenvalue weighted by Crippen LogP contribution is -2.42. The second-order valence-corrected chi connectivity index (χ2v) is 7.32. The number of benzene rings is 2. The van der Waals surface area contributed by atoms with E-state index in [0.29, 0.717) is 25.3 Å². The number of nitrogens with zero attached hydrogens (tertiary/aromatic N) is 1. The van der Waals surface area contributed by atoms with Crippen LogP contribution in [0.1, 0.15) is 36.8 Å². The first-order valence-corrected chi connectivity index (χ1v) is 10.1. The first kappa shape index (κ1) is 20.9. The summed E-state index contributed by atoms with van der Waals surface area (Å²) in [6.07, 6.45) is 2.52. The first-order valence-electron chi connectivity index (χ1n) is 10.1. The van der Waals surface area contributed by atoms with E-state index in [2.05, 4.69) is 22.3 Å². The van der Waals surface area contributed by atoms with Crippen molar-refractivity contribution in [2.24, 2.45) is 0 Å². The molecule has 2 aromatic carbocycles. The monoisotopic (exact) mass is 396 g/mol. The first-order chi connectivity index (χ1) is 14.1. The van der Waals surface area contributed by atoms with Gasteiger partial charge in [0.2, 0.25) is 5.91 Å². The van der Waals surface area contributed by atoms with Gasteiger partial charge in [-0.05, 0) is 49.1 Å². The molecular weight excluding hydrogens is 368 g/mol. The highest BCUT2D eigenvalue weighted by Crippen LogP contribution is 2.20. The second-order valence-electron chi connectivity index (χ2n) is 7.32. The highest BCUT2D eigenvalue weighted by atomic mass is 16.5. The zero-order valence-corrected chi connectivity index (χ0v) is 16.5. The molecule has 1 unspecified atom stereocenters. The summed E-state index contributed by atoms with van der Waals surface area (Å²) in [6.45, 7) is 2.60. The van der Waals surface area contributed by atoms with Crippen LogP contribution in [0.5, 0.6) is 5.75 Å². The Morgan fingerprint density at radius 2 is 1.83 bits per heavy atom. The number of ether oxygens (including phenoxy) is 1. The number of aliphatic carboxylic acids is 1. The smallest absolute Gasteiger partial charge is 0.303 e. The Morgan fingerprint density at radius 1 is 1.07 bits per heavy atom. The summed E-state index contributed by atoms with van der Waals surface area (Å²) in [5.74, 6) is -0.0352. The highest BCUT2D eigenvalue weighted by molar-refractivity contribution is 5.82. The van der Waals surface area contributed by atoms with Crippen LogP contribution < -0.4 is 10.1 Å². The maximum absolute atomic E-state index is 12.7. The summed E-state index contributed by atoms with van der Waals surface area (Å²) in [4.78, 5) is 25.4. The number of carbonyl (C=O) groups is 2. The predicted octanol–water partition coefficient (Wildman–Crippen LogP) is 3.21. The van der Waals surface area contributed by atoms with Crippen LogP contribution in [0.2, 0.25) is 0 Å². The minimum Gasteiger partial charge on any atom is -0.494 e. The molecule has 0 bridgehead atoms. The van der Waals surface area contributed by atoms with Gasteiger partial charge < -0.3 is 15.2 Å². The molecule has 0 aromatic heterocycles. The van der Waals surface area contributed by atoms with E-state index in [9.17, 15) is 9.59 Å². The molecule has 1 aliphatic heterocycles. The lowest BCUT2D eigenvalue weighted by Gasteiger charge is -2.23. The Hall–Kier alpha value is -2.86. The second kappa shape index (κ2) is 10.6. The lowest BCUT2D eigenvalue weighted by molar-refractivity contribution is -0.137. The van der Waals surface area contributed by atoms with Crippen molar-refractivity contribution in [1.29, 1.82) is 0 Å². The molecule has 2 N–H and O–H groups in total. The topological polar surface area (TPSA) is 78.9 Å². The van der Waals surface area contributed by atoms with Crippen molar-refractivity contribution in [1.82, 2.24) is 10.2 Å². The molecule has 0 radical (unpaired) electrons. The number of carboxylic acids is 1. The SMILES string of the molecule is O=C(O)CCCOc1ccc(CNC(=O)C2CCCN2Cc2ccccc2)cc1. The van der Waals surface area contributed by atoms with Crippen LogP contribution >= 0.6 is 0 Å². The van der Waals surface area contributed by atoms with Crippen molar-refractivity contribution >= 4 is 11.9 Å². The number of hydrogen-bond acceptors (Lipinski definition) is 4. The quantitative estimate of drug-likeness (QED) is 0.603. The molecule has 1 saturated heterocycles. The van der Waals surface area contributed by atoms with E-state index in [4.69, 9.17) is 9.84 Å². The summed E-state index contributed by atoms with van der Waals surface area (Å²) < 4.78 is 5.53. The molecular formula is C23H28N2O4. The number of nitrogens with one attached hydrogen (secondary N) is 1. The van der Waals surface area contributed by atoms with E-state index in [0.717, 1.165) is 31.5 Å². The zero-order chi connectivity index (χ0) is 20.5. The highest BCUT2D eigenvalue weighted by Gasteiger charge is 2.30. The minimum atomic E-state index is -0.815. The van der Waals surface area contributed by atoms with Crippen molar-refractivity contribution in [2.75, 3.05) is 13.2 Å². The zero-order valence-electron chi connectivity index (χ0n) is 16.5. The van der Waals surface area contributed by atoms with Crippen molar-refractivity contribution in [3.8, 4) is 5.75 Å². The Balaban J connectivity index is 1.44. The van der Waals surface area contributed by atoms with Crippen LogP contribution in [-0.2, 0) is 22.7 Å². The average molecular weight is 396 g/mol. The standard InChI is InChI=1S/C23H28N2O4/c26-22(27)9-5-15-29-20-12-10-18(11-13-20)16-24-23(28)21-8-4-14-25(21)17-19-6-2-1-3-7-19/h1-3,6-7,10-13,21H,4-5,8-9,14-17H2,(H,24,28)(H,26,27). The van der Waals surface area contributed by atoms with Gasteiger partial charge in [0.15, 0.2) is 0 Å². The molecule has 29 heavy (non-hydrogen) atoms. The van der Waals surface area contributed by atoms with Crippen LogP contribution in [0, 0.1) is 0 Å². The number of carboxylic acid groups (broad SMARTS) is 1.